The van der Waals surface area contributed by atoms with E-state index in [4.69, 9.17) is 0 Å². The third-order valence-electron chi connectivity index (χ3n) is 3.27. The highest BCUT2D eigenvalue weighted by Crippen LogP contribution is 2.20. The predicted molar refractivity (Wildman–Crippen MR) is 94.0 cm³/mol. The van der Waals surface area contributed by atoms with E-state index in [1.54, 1.807) is 6.20 Å². The molecule has 0 radical (unpaired) electrons. The number of halogens is 1. The van der Waals surface area contributed by atoms with Gasteiger partial charge in [0.1, 0.15) is 5.82 Å². The van der Waals surface area contributed by atoms with Crippen LogP contribution in [0.4, 0.5) is 11.8 Å². The van der Waals surface area contributed by atoms with Crippen LogP contribution in [0.25, 0.3) is 0 Å². The lowest BCUT2D eigenvalue weighted by Gasteiger charge is -2.30. The number of hydrogen-bond donors (Lipinski definition) is 2. The zero-order valence-corrected chi connectivity index (χ0v) is 15.4. The number of anilines is 2. The molecule has 0 aliphatic rings. The monoisotopic (exact) mass is 357 g/mol. The van der Waals surface area contributed by atoms with Crippen LogP contribution in [0.5, 0.6) is 0 Å². The van der Waals surface area contributed by atoms with Crippen molar-refractivity contribution < 1.29 is 0 Å². The summed E-state index contributed by atoms with van der Waals surface area (Å²) in [6.45, 7) is 13.8. The Morgan fingerprint density at radius 2 is 1.81 bits per heavy atom. The minimum Gasteiger partial charge on any atom is -0.368 e. The van der Waals surface area contributed by atoms with Crippen LogP contribution in [0.3, 0.4) is 0 Å². The van der Waals surface area contributed by atoms with Crippen molar-refractivity contribution in [3.63, 3.8) is 0 Å². The van der Waals surface area contributed by atoms with Gasteiger partial charge in [-0.2, -0.15) is 4.98 Å². The first-order chi connectivity index (χ1) is 9.95. The molecule has 0 spiro atoms. The van der Waals surface area contributed by atoms with E-state index >= 15 is 0 Å². The molecule has 0 saturated carbocycles. The summed E-state index contributed by atoms with van der Waals surface area (Å²) in [5.74, 6) is 1.52. The highest BCUT2D eigenvalue weighted by atomic mass is 79.9. The second kappa shape index (κ2) is 9.20. The average Bonchev–Trinajstić information content (AvgIpc) is 2.42. The summed E-state index contributed by atoms with van der Waals surface area (Å²) < 4.78 is 0.894. The van der Waals surface area contributed by atoms with Gasteiger partial charge in [-0.15, -0.1) is 0 Å². The van der Waals surface area contributed by atoms with Gasteiger partial charge < -0.3 is 10.6 Å². The van der Waals surface area contributed by atoms with Crippen LogP contribution in [0, 0.1) is 0 Å². The van der Waals surface area contributed by atoms with Crippen molar-refractivity contribution >= 4 is 27.7 Å². The average molecular weight is 358 g/mol. The topological polar surface area (TPSA) is 53.1 Å². The Bertz CT molecular complexity index is 415. The standard InChI is InChI=1S/C15H28BrN5/c1-6-7-18-15-19-10-13(16)14(20-15)17-8-9-21(11(2)3)12(4)5/h10-12H,6-9H2,1-5H3,(H2,17,18,19,20). The highest BCUT2D eigenvalue weighted by Gasteiger charge is 2.13. The van der Waals surface area contributed by atoms with E-state index in [1.807, 2.05) is 0 Å². The second-order valence-electron chi connectivity index (χ2n) is 5.67. The zero-order valence-electron chi connectivity index (χ0n) is 13.8. The first-order valence-corrected chi connectivity index (χ1v) is 8.51. The molecule has 1 aromatic rings. The molecule has 2 N–H and O–H groups in total. The van der Waals surface area contributed by atoms with Gasteiger partial charge in [0, 0.05) is 37.9 Å². The second-order valence-corrected chi connectivity index (χ2v) is 6.52. The maximum atomic E-state index is 4.50. The summed E-state index contributed by atoms with van der Waals surface area (Å²) >= 11 is 3.49. The minimum atomic E-state index is 0.544. The van der Waals surface area contributed by atoms with Crippen molar-refractivity contribution in [1.29, 1.82) is 0 Å². The molecule has 0 bridgehead atoms. The Balaban J connectivity index is 2.57. The van der Waals surface area contributed by atoms with E-state index in [0.29, 0.717) is 18.0 Å². The van der Waals surface area contributed by atoms with Crippen molar-refractivity contribution in [3.05, 3.63) is 10.7 Å². The molecule has 0 aliphatic heterocycles. The van der Waals surface area contributed by atoms with Crippen LogP contribution in [0.15, 0.2) is 10.7 Å². The van der Waals surface area contributed by atoms with Crippen molar-refractivity contribution in [2.24, 2.45) is 0 Å². The van der Waals surface area contributed by atoms with Crippen LogP contribution in [-0.2, 0) is 0 Å². The number of aromatic nitrogens is 2. The van der Waals surface area contributed by atoms with Gasteiger partial charge in [-0.05, 0) is 50.0 Å². The normalized spacial score (nSPS) is 11.5. The Labute approximate surface area is 137 Å². The molecule has 21 heavy (non-hydrogen) atoms. The number of nitrogens with one attached hydrogen (secondary N) is 2. The maximum Gasteiger partial charge on any atom is 0.224 e. The van der Waals surface area contributed by atoms with Crippen LogP contribution in [0.2, 0.25) is 0 Å². The van der Waals surface area contributed by atoms with Gasteiger partial charge in [0.25, 0.3) is 0 Å². The molecule has 0 unspecified atom stereocenters. The molecule has 6 heteroatoms. The predicted octanol–water partition coefficient (Wildman–Crippen LogP) is 3.59. The lowest BCUT2D eigenvalue weighted by atomic mass is 10.2. The van der Waals surface area contributed by atoms with Crippen LogP contribution in [0.1, 0.15) is 41.0 Å². The molecule has 1 aromatic heterocycles. The van der Waals surface area contributed by atoms with Gasteiger partial charge in [-0.1, -0.05) is 6.92 Å². The Morgan fingerprint density at radius 1 is 1.14 bits per heavy atom. The van der Waals surface area contributed by atoms with Gasteiger partial charge in [0.05, 0.1) is 4.47 Å². The zero-order chi connectivity index (χ0) is 15.8. The van der Waals surface area contributed by atoms with E-state index in [9.17, 15) is 0 Å². The smallest absolute Gasteiger partial charge is 0.224 e. The quantitative estimate of drug-likeness (QED) is 0.707. The summed E-state index contributed by atoms with van der Waals surface area (Å²) in [7, 11) is 0. The van der Waals surface area contributed by atoms with E-state index < -0.39 is 0 Å². The molecule has 0 amide bonds. The molecule has 1 heterocycles. The van der Waals surface area contributed by atoms with Gasteiger partial charge in [0.2, 0.25) is 5.95 Å². The van der Waals surface area contributed by atoms with Crippen molar-refractivity contribution in [2.45, 2.75) is 53.1 Å². The fourth-order valence-corrected chi connectivity index (χ4v) is 2.56. The summed E-state index contributed by atoms with van der Waals surface area (Å²) in [5, 5.41) is 6.59. The first-order valence-electron chi connectivity index (χ1n) is 7.71. The molecule has 0 saturated heterocycles. The van der Waals surface area contributed by atoms with E-state index in [2.05, 4.69) is 76.1 Å². The molecule has 120 valence electrons. The third-order valence-corrected chi connectivity index (χ3v) is 3.85. The van der Waals surface area contributed by atoms with Gasteiger partial charge in [0.15, 0.2) is 0 Å². The summed E-state index contributed by atoms with van der Waals surface area (Å²) in [6.07, 6.45) is 2.84. The van der Waals surface area contributed by atoms with E-state index in [-0.39, 0.29) is 0 Å². The Hall–Kier alpha value is -0.880. The summed E-state index contributed by atoms with van der Waals surface area (Å²) in [5.41, 5.74) is 0. The first kappa shape index (κ1) is 18.2. The Morgan fingerprint density at radius 3 is 2.38 bits per heavy atom. The summed E-state index contributed by atoms with van der Waals surface area (Å²) in [4.78, 5) is 11.2. The fourth-order valence-electron chi connectivity index (χ4n) is 2.23. The van der Waals surface area contributed by atoms with Crippen molar-refractivity contribution in [2.75, 3.05) is 30.3 Å². The van der Waals surface area contributed by atoms with E-state index in [1.165, 1.54) is 0 Å². The highest BCUT2D eigenvalue weighted by molar-refractivity contribution is 9.10. The molecule has 0 fully saturated rings. The Kier molecular flexibility index (Phi) is 7.96. The maximum absolute atomic E-state index is 4.50. The lowest BCUT2D eigenvalue weighted by Crippen LogP contribution is -2.40. The van der Waals surface area contributed by atoms with Gasteiger partial charge in [-0.3, -0.25) is 4.90 Å². The number of hydrogen-bond acceptors (Lipinski definition) is 5. The van der Waals surface area contributed by atoms with Crippen LogP contribution in [-0.4, -0.2) is 46.6 Å². The molecule has 5 nitrogen and oxygen atoms in total. The lowest BCUT2D eigenvalue weighted by molar-refractivity contribution is 0.182. The van der Waals surface area contributed by atoms with Crippen molar-refractivity contribution in [1.82, 2.24) is 14.9 Å². The van der Waals surface area contributed by atoms with Crippen LogP contribution < -0.4 is 10.6 Å². The SMILES string of the molecule is CCCNc1ncc(Br)c(NCCN(C(C)C)C(C)C)n1. The number of rotatable bonds is 9. The molecule has 1 rings (SSSR count). The van der Waals surface area contributed by atoms with Gasteiger partial charge >= 0.3 is 0 Å². The molecule has 0 aromatic carbocycles. The molecule has 0 aliphatic carbocycles. The molecular weight excluding hydrogens is 330 g/mol. The van der Waals surface area contributed by atoms with Crippen molar-refractivity contribution in [3.8, 4) is 0 Å². The largest absolute Gasteiger partial charge is 0.368 e. The summed E-state index contributed by atoms with van der Waals surface area (Å²) in [6, 6.07) is 1.09. The fraction of sp³-hybridized carbons (Fsp3) is 0.733. The molecular formula is C15H28BrN5. The third kappa shape index (κ3) is 6.18. The number of nitrogens with zero attached hydrogens (tertiary/aromatic N) is 3. The van der Waals surface area contributed by atoms with E-state index in [0.717, 1.165) is 36.3 Å². The van der Waals surface area contributed by atoms with Gasteiger partial charge in [-0.25, -0.2) is 4.98 Å². The van der Waals surface area contributed by atoms with Crippen LogP contribution >= 0.6 is 15.9 Å². The molecule has 0 atom stereocenters. The minimum absolute atomic E-state index is 0.544.